The molecule has 0 radical (unpaired) electrons. The Morgan fingerprint density at radius 1 is 0.737 bits per heavy atom. The summed E-state index contributed by atoms with van der Waals surface area (Å²) in [6.07, 6.45) is 11.1. The number of hydrogen-bond acceptors (Lipinski definition) is 4. The third-order valence-corrected chi connectivity index (χ3v) is 6.72. The van der Waals surface area contributed by atoms with Gasteiger partial charge in [0.25, 0.3) is 0 Å². The molecule has 4 nitrogen and oxygen atoms in total. The van der Waals surface area contributed by atoms with Crippen molar-refractivity contribution in [2.75, 3.05) is 13.2 Å². The molecule has 1 atom stereocenters. The van der Waals surface area contributed by atoms with Gasteiger partial charge in [0, 0.05) is 0 Å². The van der Waals surface area contributed by atoms with E-state index in [0.29, 0.717) is 24.5 Å². The molecule has 0 fully saturated rings. The van der Waals surface area contributed by atoms with E-state index < -0.39 is 0 Å². The summed E-state index contributed by atoms with van der Waals surface area (Å²) in [4.78, 5) is 12.6. The van der Waals surface area contributed by atoms with Crippen LogP contribution in [0.5, 0.6) is 17.2 Å². The molecule has 3 rings (SSSR count). The van der Waals surface area contributed by atoms with Gasteiger partial charge in [-0.2, -0.15) is 0 Å². The number of esters is 1. The highest BCUT2D eigenvalue weighted by Gasteiger charge is 2.10. The monoisotopic (exact) mass is 514 g/mol. The van der Waals surface area contributed by atoms with Gasteiger partial charge in [0.1, 0.15) is 17.2 Å². The normalized spacial score (nSPS) is 11.5. The number of hydrogen-bond donors (Lipinski definition) is 0. The lowest BCUT2D eigenvalue weighted by atomic mass is 10.0. The second kappa shape index (κ2) is 16.3. The summed E-state index contributed by atoms with van der Waals surface area (Å²) in [5.41, 5.74) is 2.60. The molecule has 0 N–H and O–H groups in total. The van der Waals surface area contributed by atoms with Crippen LogP contribution in [0.15, 0.2) is 85.5 Å². The molecule has 0 unspecified atom stereocenters. The van der Waals surface area contributed by atoms with E-state index >= 15 is 0 Å². The number of ether oxygens (including phenoxy) is 3. The Bertz CT molecular complexity index is 1080. The first kappa shape index (κ1) is 29.0. The average Bonchev–Trinajstić information content (AvgIpc) is 2.96. The minimum absolute atomic E-state index is 0.383. The topological polar surface area (TPSA) is 44.8 Å². The van der Waals surface area contributed by atoms with E-state index in [0.717, 1.165) is 54.2 Å². The van der Waals surface area contributed by atoms with E-state index in [2.05, 4.69) is 20.4 Å². The SMILES string of the molecule is C=CCCCCOc1ccc(-c2ccc(C(=O)Oc3ccc(OCCCCC[C@@H](C)CC)cc3)cc2)cc1. The third-order valence-electron chi connectivity index (χ3n) is 6.72. The zero-order valence-corrected chi connectivity index (χ0v) is 23.0. The maximum absolute atomic E-state index is 12.6. The van der Waals surface area contributed by atoms with E-state index in [1.54, 1.807) is 24.3 Å². The lowest BCUT2D eigenvalue weighted by Crippen LogP contribution is -2.08. The molecule has 0 aliphatic carbocycles. The van der Waals surface area contributed by atoms with E-state index in [1.807, 2.05) is 54.6 Å². The van der Waals surface area contributed by atoms with Crippen molar-refractivity contribution in [1.29, 1.82) is 0 Å². The molecule has 3 aromatic carbocycles. The Labute approximate surface area is 228 Å². The molecule has 0 aliphatic heterocycles. The van der Waals surface area contributed by atoms with Crippen molar-refractivity contribution in [3.63, 3.8) is 0 Å². The van der Waals surface area contributed by atoms with Gasteiger partial charge >= 0.3 is 5.97 Å². The van der Waals surface area contributed by atoms with Crippen LogP contribution in [0.3, 0.4) is 0 Å². The first-order valence-electron chi connectivity index (χ1n) is 14.0. The third kappa shape index (κ3) is 10.1. The first-order valence-corrected chi connectivity index (χ1v) is 14.0. The van der Waals surface area contributed by atoms with Gasteiger partial charge in [-0.15, -0.1) is 6.58 Å². The van der Waals surface area contributed by atoms with Crippen LogP contribution >= 0.6 is 0 Å². The number of unbranched alkanes of at least 4 members (excludes halogenated alkanes) is 4. The van der Waals surface area contributed by atoms with Gasteiger partial charge in [0.2, 0.25) is 0 Å². The van der Waals surface area contributed by atoms with Crippen LogP contribution in [0.4, 0.5) is 0 Å². The summed E-state index contributed by atoms with van der Waals surface area (Å²) in [5.74, 6) is 2.58. The molecule has 0 saturated heterocycles. The summed E-state index contributed by atoms with van der Waals surface area (Å²) >= 11 is 0. The van der Waals surface area contributed by atoms with Crippen molar-refractivity contribution in [2.24, 2.45) is 5.92 Å². The predicted octanol–water partition coefficient (Wildman–Crippen LogP) is 9.29. The smallest absolute Gasteiger partial charge is 0.343 e. The van der Waals surface area contributed by atoms with Gasteiger partial charge in [0.15, 0.2) is 0 Å². The van der Waals surface area contributed by atoms with Crippen molar-refractivity contribution in [3.8, 4) is 28.4 Å². The van der Waals surface area contributed by atoms with Crippen molar-refractivity contribution in [2.45, 2.75) is 65.2 Å². The second-order valence-electron chi connectivity index (χ2n) is 9.81. The van der Waals surface area contributed by atoms with Gasteiger partial charge in [-0.1, -0.05) is 69.9 Å². The molecule has 0 aromatic heterocycles. The highest BCUT2D eigenvalue weighted by Crippen LogP contribution is 2.24. The molecule has 0 saturated carbocycles. The Kier molecular flexibility index (Phi) is 12.5. The molecule has 38 heavy (non-hydrogen) atoms. The van der Waals surface area contributed by atoms with Crippen molar-refractivity contribution >= 4 is 5.97 Å². The molecule has 0 bridgehead atoms. The van der Waals surface area contributed by atoms with Crippen LogP contribution in [0.25, 0.3) is 11.1 Å². The largest absolute Gasteiger partial charge is 0.494 e. The number of carbonyl (C=O) groups is 1. The standard InChI is InChI=1S/C34H42O4/c1-4-6-7-10-25-36-31-19-17-29(18-20-31)28-13-15-30(16-14-28)34(35)38-33-23-21-32(22-24-33)37-26-11-8-9-12-27(3)5-2/h4,13-24,27H,1,5-12,25-26H2,2-3H3/t27-/m0/s1. The highest BCUT2D eigenvalue weighted by atomic mass is 16.5. The molecule has 0 aliphatic rings. The van der Waals surface area contributed by atoms with Gasteiger partial charge < -0.3 is 14.2 Å². The lowest BCUT2D eigenvalue weighted by Gasteiger charge is -2.10. The van der Waals surface area contributed by atoms with Crippen LogP contribution in [0.1, 0.15) is 75.6 Å². The Morgan fingerprint density at radius 2 is 1.26 bits per heavy atom. The van der Waals surface area contributed by atoms with Gasteiger partial charge in [0.05, 0.1) is 18.8 Å². The molecular formula is C34H42O4. The van der Waals surface area contributed by atoms with Crippen LogP contribution in [0, 0.1) is 5.92 Å². The molecule has 3 aromatic rings. The fourth-order valence-electron chi connectivity index (χ4n) is 4.06. The van der Waals surface area contributed by atoms with E-state index in [-0.39, 0.29) is 5.97 Å². The molecule has 0 heterocycles. The van der Waals surface area contributed by atoms with Crippen molar-refractivity contribution in [3.05, 3.63) is 91.0 Å². The van der Waals surface area contributed by atoms with Crippen LogP contribution in [-0.2, 0) is 0 Å². The zero-order chi connectivity index (χ0) is 27.0. The quantitative estimate of drug-likeness (QED) is 0.0779. The summed E-state index contributed by atoms with van der Waals surface area (Å²) in [7, 11) is 0. The summed E-state index contributed by atoms with van der Waals surface area (Å²) in [6.45, 7) is 9.71. The summed E-state index contributed by atoms with van der Waals surface area (Å²) < 4.78 is 17.2. The number of carbonyl (C=O) groups excluding carboxylic acids is 1. The molecule has 0 spiro atoms. The number of rotatable bonds is 17. The maximum Gasteiger partial charge on any atom is 0.343 e. The predicted molar refractivity (Wildman–Crippen MR) is 156 cm³/mol. The van der Waals surface area contributed by atoms with Crippen LogP contribution in [-0.4, -0.2) is 19.2 Å². The van der Waals surface area contributed by atoms with E-state index in [4.69, 9.17) is 14.2 Å². The van der Waals surface area contributed by atoms with E-state index in [9.17, 15) is 4.79 Å². The second-order valence-corrected chi connectivity index (χ2v) is 9.81. The molecule has 202 valence electrons. The fraction of sp³-hybridized carbons (Fsp3) is 0.382. The van der Waals surface area contributed by atoms with Crippen LogP contribution in [0.2, 0.25) is 0 Å². The Hall–Kier alpha value is -3.53. The first-order chi connectivity index (χ1) is 18.6. The highest BCUT2D eigenvalue weighted by molar-refractivity contribution is 5.91. The summed E-state index contributed by atoms with van der Waals surface area (Å²) in [6, 6.07) is 22.7. The van der Waals surface area contributed by atoms with Crippen molar-refractivity contribution in [1.82, 2.24) is 0 Å². The maximum atomic E-state index is 12.6. The zero-order valence-electron chi connectivity index (χ0n) is 23.0. The van der Waals surface area contributed by atoms with Crippen LogP contribution < -0.4 is 14.2 Å². The Balaban J connectivity index is 1.42. The molecule has 0 amide bonds. The lowest BCUT2D eigenvalue weighted by molar-refractivity contribution is 0.0734. The average molecular weight is 515 g/mol. The molecule has 4 heteroatoms. The van der Waals surface area contributed by atoms with Gasteiger partial charge in [-0.05, 0) is 91.3 Å². The number of allylic oxidation sites excluding steroid dienone is 1. The minimum Gasteiger partial charge on any atom is -0.494 e. The Morgan fingerprint density at radius 3 is 1.84 bits per heavy atom. The van der Waals surface area contributed by atoms with Crippen molar-refractivity contribution < 1.29 is 19.0 Å². The fourth-order valence-corrected chi connectivity index (χ4v) is 4.06. The molecular weight excluding hydrogens is 472 g/mol. The van der Waals surface area contributed by atoms with E-state index in [1.165, 1.54) is 25.7 Å². The minimum atomic E-state index is -0.383. The van der Waals surface area contributed by atoms with Gasteiger partial charge in [-0.3, -0.25) is 0 Å². The summed E-state index contributed by atoms with van der Waals surface area (Å²) in [5, 5.41) is 0. The number of benzene rings is 3. The van der Waals surface area contributed by atoms with Gasteiger partial charge in [-0.25, -0.2) is 4.79 Å².